The Hall–Kier alpha value is -2.64. The Kier molecular flexibility index (Phi) is 4.95. The fraction of sp³-hybridized carbons (Fsp3) is 0.200. The molecule has 142 valence electrons. The summed E-state index contributed by atoms with van der Waals surface area (Å²) < 4.78 is 6.26. The molecule has 1 amide bonds. The van der Waals surface area contributed by atoms with Gasteiger partial charge in [-0.15, -0.1) is 10.2 Å². The summed E-state index contributed by atoms with van der Waals surface area (Å²) >= 11 is 7.60. The summed E-state index contributed by atoms with van der Waals surface area (Å²) in [6.07, 6.45) is 1.18. The Morgan fingerprint density at radius 2 is 1.93 bits per heavy atom. The van der Waals surface area contributed by atoms with Crippen LogP contribution in [-0.4, -0.2) is 27.3 Å². The molecule has 0 aliphatic carbocycles. The molecule has 8 heteroatoms. The number of ether oxygens (including phenoxy) is 1. The molecule has 1 aliphatic heterocycles. The van der Waals surface area contributed by atoms with Gasteiger partial charge < -0.3 is 4.74 Å². The first-order chi connectivity index (χ1) is 13.5. The Labute approximate surface area is 171 Å². The van der Waals surface area contributed by atoms with Gasteiger partial charge in [0.1, 0.15) is 0 Å². The van der Waals surface area contributed by atoms with E-state index in [1.54, 1.807) is 23.1 Å². The largest absolute Gasteiger partial charge is 0.447 e. The predicted octanol–water partition coefficient (Wildman–Crippen LogP) is 4.67. The first-order valence-corrected chi connectivity index (χ1v) is 10.2. The van der Waals surface area contributed by atoms with Crippen molar-refractivity contribution in [2.75, 3.05) is 11.2 Å². The smallest absolute Gasteiger partial charge is 0.247 e. The second-order valence-electron chi connectivity index (χ2n) is 6.38. The Morgan fingerprint density at radius 1 is 1.18 bits per heavy atom. The van der Waals surface area contributed by atoms with E-state index >= 15 is 0 Å². The molecule has 3 aromatic rings. The molecule has 1 atom stereocenters. The minimum atomic E-state index is -0.689. The summed E-state index contributed by atoms with van der Waals surface area (Å²) in [5.41, 5.74) is 3.71. The zero-order valence-electron chi connectivity index (χ0n) is 15.5. The number of benzene rings is 2. The van der Waals surface area contributed by atoms with E-state index < -0.39 is 6.23 Å². The van der Waals surface area contributed by atoms with Gasteiger partial charge in [-0.2, -0.15) is 4.98 Å². The number of carbonyl (C=O) groups excluding carboxylic acids is 1. The van der Waals surface area contributed by atoms with Crippen LogP contribution < -0.4 is 9.64 Å². The van der Waals surface area contributed by atoms with E-state index in [9.17, 15) is 4.79 Å². The van der Waals surface area contributed by atoms with Crippen LogP contribution in [0.1, 0.15) is 24.3 Å². The first kappa shape index (κ1) is 18.7. The van der Waals surface area contributed by atoms with Crippen LogP contribution >= 0.6 is 23.4 Å². The lowest BCUT2D eigenvalue weighted by molar-refractivity contribution is -0.118. The minimum Gasteiger partial charge on any atom is -0.447 e. The van der Waals surface area contributed by atoms with Crippen LogP contribution in [0.3, 0.4) is 0 Å². The average molecular weight is 413 g/mol. The summed E-state index contributed by atoms with van der Waals surface area (Å²) in [4.78, 5) is 18.8. The van der Waals surface area contributed by atoms with Crippen molar-refractivity contribution >= 4 is 35.0 Å². The van der Waals surface area contributed by atoms with Gasteiger partial charge in [-0.3, -0.25) is 9.69 Å². The molecule has 2 aromatic carbocycles. The van der Waals surface area contributed by atoms with Crippen molar-refractivity contribution in [3.63, 3.8) is 0 Å². The molecule has 4 rings (SSSR count). The summed E-state index contributed by atoms with van der Waals surface area (Å²) in [6, 6.07) is 13.1. The van der Waals surface area contributed by atoms with E-state index in [1.807, 2.05) is 37.4 Å². The van der Waals surface area contributed by atoms with Gasteiger partial charge >= 0.3 is 0 Å². The van der Waals surface area contributed by atoms with Crippen LogP contribution in [0.4, 0.5) is 5.69 Å². The third kappa shape index (κ3) is 3.31. The van der Waals surface area contributed by atoms with E-state index in [-0.39, 0.29) is 5.91 Å². The van der Waals surface area contributed by atoms with Crippen molar-refractivity contribution in [3.8, 4) is 17.1 Å². The molecule has 0 radical (unpaired) electrons. The van der Waals surface area contributed by atoms with E-state index in [0.717, 1.165) is 11.1 Å². The highest BCUT2D eigenvalue weighted by molar-refractivity contribution is 7.98. The fourth-order valence-corrected chi connectivity index (χ4v) is 3.58. The predicted molar refractivity (Wildman–Crippen MR) is 110 cm³/mol. The SMILES string of the molecule is CSc1nnc2c(n1)O[C@H](c1ccc(C)cc1)N(C(C)=O)c1ccc(Cl)cc1-2. The molecule has 0 saturated carbocycles. The topological polar surface area (TPSA) is 68.2 Å². The van der Waals surface area contributed by atoms with Crippen molar-refractivity contribution in [2.45, 2.75) is 25.2 Å². The molecular weight excluding hydrogens is 396 g/mol. The highest BCUT2D eigenvalue weighted by Gasteiger charge is 2.34. The number of fused-ring (bicyclic) bond motifs is 3. The lowest BCUT2D eigenvalue weighted by atomic mass is 10.1. The summed E-state index contributed by atoms with van der Waals surface area (Å²) in [5, 5.41) is 9.46. The number of aryl methyl sites for hydroxylation is 1. The lowest BCUT2D eigenvalue weighted by Crippen LogP contribution is -2.36. The second kappa shape index (κ2) is 7.41. The third-order valence-electron chi connectivity index (χ3n) is 4.45. The van der Waals surface area contributed by atoms with Gasteiger partial charge in [-0.1, -0.05) is 53.2 Å². The van der Waals surface area contributed by atoms with Crippen LogP contribution in [0.25, 0.3) is 11.3 Å². The molecule has 0 saturated heterocycles. The van der Waals surface area contributed by atoms with Crippen LogP contribution in [0.5, 0.6) is 5.88 Å². The van der Waals surface area contributed by atoms with Gasteiger partial charge in [0.2, 0.25) is 23.2 Å². The van der Waals surface area contributed by atoms with Gasteiger partial charge in [-0.25, -0.2) is 0 Å². The molecule has 0 spiro atoms. The minimum absolute atomic E-state index is 0.167. The van der Waals surface area contributed by atoms with Gasteiger partial charge in [-0.05, 0) is 31.4 Å². The molecule has 0 N–H and O–H groups in total. The molecule has 2 heterocycles. The molecule has 0 unspecified atom stereocenters. The van der Waals surface area contributed by atoms with Gasteiger partial charge in [0.25, 0.3) is 0 Å². The standard InChI is InChI=1S/C20H17ClN4O2S/c1-11-4-6-13(7-5-11)19-25(12(2)26)16-9-8-14(21)10-15(16)17-18(27-19)22-20(28-3)24-23-17/h4-10,19H,1-3H3/t19-/m1/s1. The summed E-state index contributed by atoms with van der Waals surface area (Å²) in [7, 11) is 0. The van der Waals surface area contributed by atoms with Crippen molar-refractivity contribution in [3.05, 3.63) is 58.6 Å². The number of thioether (sulfide) groups is 1. The van der Waals surface area contributed by atoms with Crippen molar-refractivity contribution in [2.24, 2.45) is 0 Å². The highest BCUT2D eigenvalue weighted by Crippen LogP contribution is 2.44. The highest BCUT2D eigenvalue weighted by atomic mass is 35.5. The zero-order valence-corrected chi connectivity index (χ0v) is 17.1. The molecule has 0 bridgehead atoms. The van der Waals surface area contributed by atoms with Crippen molar-refractivity contribution < 1.29 is 9.53 Å². The Morgan fingerprint density at radius 3 is 2.61 bits per heavy atom. The first-order valence-electron chi connectivity index (χ1n) is 8.59. The fourth-order valence-electron chi connectivity index (χ4n) is 3.11. The quantitative estimate of drug-likeness (QED) is 0.570. The number of carbonyl (C=O) groups is 1. The number of hydrogen-bond donors (Lipinski definition) is 0. The maximum Gasteiger partial charge on any atom is 0.247 e. The van der Waals surface area contributed by atoms with E-state index in [0.29, 0.717) is 33.0 Å². The Bertz CT molecular complexity index is 1060. The number of amides is 1. The molecule has 1 aliphatic rings. The number of anilines is 1. The monoisotopic (exact) mass is 412 g/mol. The van der Waals surface area contributed by atoms with Crippen LogP contribution in [0.2, 0.25) is 5.02 Å². The normalized spacial score (nSPS) is 15.3. The second-order valence-corrected chi connectivity index (χ2v) is 7.59. The number of halogens is 1. The van der Waals surface area contributed by atoms with E-state index in [1.165, 1.54) is 18.7 Å². The molecule has 6 nitrogen and oxygen atoms in total. The molecule has 28 heavy (non-hydrogen) atoms. The van der Waals surface area contributed by atoms with Crippen LogP contribution in [0, 0.1) is 6.92 Å². The maximum atomic E-state index is 12.7. The maximum absolute atomic E-state index is 12.7. The number of hydrogen-bond acceptors (Lipinski definition) is 6. The summed E-state index contributed by atoms with van der Waals surface area (Å²) in [5.74, 6) is 0.150. The lowest BCUT2D eigenvalue weighted by Gasteiger charge is -2.30. The van der Waals surface area contributed by atoms with Gasteiger partial charge in [0.05, 0.1) is 5.69 Å². The number of nitrogens with zero attached hydrogens (tertiary/aromatic N) is 4. The number of rotatable bonds is 2. The van der Waals surface area contributed by atoms with Crippen molar-refractivity contribution in [1.82, 2.24) is 15.2 Å². The number of aromatic nitrogens is 3. The van der Waals surface area contributed by atoms with Gasteiger partial charge in [0, 0.05) is 23.1 Å². The van der Waals surface area contributed by atoms with Crippen molar-refractivity contribution in [1.29, 1.82) is 0 Å². The van der Waals surface area contributed by atoms with Gasteiger partial charge in [0.15, 0.2) is 5.69 Å². The molecule has 0 fully saturated rings. The van der Waals surface area contributed by atoms with E-state index in [4.69, 9.17) is 16.3 Å². The molecule has 1 aromatic heterocycles. The zero-order chi connectivity index (χ0) is 19.8. The van der Waals surface area contributed by atoms with E-state index in [2.05, 4.69) is 15.2 Å². The molecular formula is C20H17ClN4O2S. The van der Waals surface area contributed by atoms with Crippen LogP contribution in [-0.2, 0) is 4.79 Å². The average Bonchev–Trinajstić information content (AvgIpc) is 2.82. The Balaban J connectivity index is 1.98. The third-order valence-corrected chi connectivity index (χ3v) is 5.22. The van der Waals surface area contributed by atoms with Crippen LogP contribution in [0.15, 0.2) is 47.6 Å². The summed E-state index contributed by atoms with van der Waals surface area (Å²) in [6.45, 7) is 3.51.